The summed E-state index contributed by atoms with van der Waals surface area (Å²) in [6, 6.07) is 7.33. The lowest BCUT2D eigenvalue weighted by Crippen LogP contribution is -2.28. The molecule has 0 saturated carbocycles. The number of nitriles is 1. The summed E-state index contributed by atoms with van der Waals surface area (Å²) in [6.07, 6.45) is 1.77. The molecule has 1 heterocycles. The van der Waals surface area contributed by atoms with E-state index in [1.54, 1.807) is 35.7 Å². The van der Waals surface area contributed by atoms with Crippen LogP contribution < -0.4 is 5.32 Å². The van der Waals surface area contributed by atoms with Gasteiger partial charge in [0.15, 0.2) is 0 Å². The van der Waals surface area contributed by atoms with Gasteiger partial charge < -0.3 is 5.32 Å². The summed E-state index contributed by atoms with van der Waals surface area (Å²) in [5.74, 6) is 0. The maximum absolute atomic E-state index is 9.09. The van der Waals surface area contributed by atoms with Crippen molar-refractivity contribution in [2.24, 2.45) is 0 Å². The summed E-state index contributed by atoms with van der Waals surface area (Å²) in [5.41, 5.74) is 0.957. The summed E-state index contributed by atoms with van der Waals surface area (Å²) < 4.78 is 0. The van der Waals surface area contributed by atoms with E-state index >= 15 is 0 Å². The van der Waals surface area contributed by atoms with Crippen LogP contribution in [-0.2, 0) is 5.54 Å². The van der Waals surface area contributed by atoms with Gasteiger partial charge in [-0.1, -0.05) is 11.6 Å². The first-order valence-electron chi connectivity index (χ1n) is 5.41. The Labute approximate surface area is 115 Å². The van der Waals surface area contributed by atoms with Gasteiger partial charge in [0.25, 0.3) is 0 Å². The fraction of sp³-hybridized carbons (Fsp3) is 0.231. The lowest BCUT2D eigenvalue weighted by atomic mass is 10.0. The average molecular weight is 278 g/mol. The number of rotatable bonds is 3. The van der Waals surface area contributed by atoms with Crippen LogP contribution in [0.2, 0.25) is 5.02 Å². The first-order valence-corrected chi connectivity index (χ1v) is 6.66. The highest BCUT2D eigenvalue weighted by Crippen LogP contribution is 2.30. The number of aromatic nitrogens is 1. The van der Waals surface area contributed by atoms with Crippen molar-refractivity contribution in [3.05, 3.63) is 45.4 Å². The molecular weight excluding hydrogens is 266 g/mol. The molecule has 0 aliphatic heterocycles. The maximum Gasteiger partial charge on any atom is 0.117 e. The zero-order valence-electron chi connectivity index (χ0n) is 10.1. The first kappa shape index (κ1) is 12.9. The predicted molar refractivity (Wildman–Crippen MR) is 74.9 cm³/mol. The van der Waals surface area contributed by atoms with Gasteiger partial charge in [-0.25, -0.2) is 4.98 Å². The van der Waals surface area contributed by atoms with Crippen molar-refractivity contribution in [1.82, 2.24) is 4.98 Å². The van der Waals surface area contributed by atoms with Crippen LogP contribution in [0, 0.1) is 11.3 Å². The lowest BCUT2D eigenvalue weighted by molar-refractivity contribution is 0.604. The molecule has 0 saturated heterocycles. The lowest BCUT2D eigenvalue weighted by Gasteiger charge is -2.25. The standard InChI is InChI=1S/C13H12ClN3S/c1-13(2,12-16-5-6-18-12)17-11-7-10(14)4-3-9(11)8-15/h3-7,17H,1-2H3. The van der Waals surface area contributed by atoms with Gasteiger partial charge in [0.05, 0.1) is 16.8 Å². The van der Waals surface area contributed by atoms with Gasteiger partial charge in [0.1, 0.15) is 11.1 Å². The van der Waals surface area contributed by atoms with Gasteiger partial charge in [0, 0.05) is 16.6 Å². The molecule has 0 aliphatic rings. The summed E-state index contributed by atoms with van der Waals surface area (Å²) in [5, 5.41) is 15.9. The van der Waals surface area contributed by atoms with Crippen LogP contribution in [-0.4, -0.2) is 4.98 Å². The second kappa shape index (κ2) is 4.97. The maximum atomic E-state index is 9.09. The van der Waals surface area contributed by atoms with E-state index in [0.29, 0.717) is 10.6 Å². The minimum Gasteiger partial charge on any atom is -0.373 e. The Hall–Kier alpha value is -1.57. The number of benzene rings is 1. The molecule has 0 spiro atoms. The molecule has 1 aromatic heterocycles. The van der Waals surface area contributed by atoms with E-state index in [1.165, 1.54) is 0 Å². The van der Waals surface area contributed by atoms with Crippen molar-refractivity contribution in [3.8, 4) is 6.07 Å². The topological polar surface area (TPSA) is 48.7 Å². The molecule has 0 amide bonds. The third kappa shape index (κ3) is 2.63. The Bertz CT molecular complexity index is 585. The van der Waals surface area contributed by atoms with E-state index < -0.39 is 0 Å². The van der Waals surface area contributed by atoms with E-state index in [1.807, 2.05) is 19.2 Å². The van der Waals surface area contributed by atoms with E-state index in [-0.39, 0.29) is 5.54 Å². The molecule has 5 heteroatoms. The molecule has 3 nitrogen and oxygen atoms in total. The highest BCUT2D eigenvalue weighted by Gasteiger charge is 2.24. The highest BCUT2D eigenvalue weighted by atomic mass is 35.5. The third-order valence-corrected chi connectivity index (χ3v) is 3.85. The molecule has 0 atom stereocenters. The van der Waals surface area contributed by atoms with Crippen LogP contribution in [0.1, 0.15) is 24.4 Å². The van der Waals surface area contributed by atoms with Crippen LogP contribution in [0.4, 0.5) is 5.69 Å². The molecule has 1 aromatic carbocycles. The molecule has 92 valence electrons. The number of halogens is 1. The molecule has 0 aliphatic carbocycles. The van der Waals surface area contributed by atoms with Crippen molar-refractivity contribution in [2.75, 3.05) is 5.32 Å². The number of anilines is 1. The summed E-state index contributed by atoms with van der Waals surface area (Å²) in [4.78, 5) is 4.30. The number of thiazole rings is 1. The summed E-state index contributed by atoms with van der Waals surface area (Å²) >= 11 is 7.54. The van der Waals surface area contributed by atoms with Crippen LogP contribution in [0.25, 0.3) is 0 Å². The fourth-order valence-corrected chi connectivity index (χ4v) is 2.53. The second-order valence-electron chi connectivity index (χ2n) is 4.39. The Morgan fingerprint density at radius 3 is 2.83 bits per heavy atom. The Morgan fingerprint density at radius 2 is 2.22 bits per heavy atom. The zero-order chi connectivity index (χ0) is 13.2. The van der Waals surface area contributed by atoms with Gasteiger partial charge in [-0.2, -0.15) is 5.26 Å². The number of hydrogen-bond acceptors (Lipinski definition) is 4. The summed E-state index contributed by atoms with van der Waals surface area (Å²) in [6.45, 7) is 4.04. The van der Waals surface area contributed by atoms with Gasteiger partial charge >= 0.3 is 0 Å². The van der Waals surface area contributed by atoms with Crippen molar-refractivity contribution < 1.29 is 0 Å². The number of nitrogens with one attached hydrogen (secondary N) is 1. The van der Waals surface area contributed by atoms with Crippen LogP contribution in [0.15, 0.2) is 29.8 Å². The molecule has 2 aromatic rings. The van der Waals surface area contributed by atoms with E-state index in [2.05, 4.69) is 16.4 Å². The SMILES string of the molecule is CC(C)(Nc1cc(Cl)ccc1C#N)c1nccs1. The van der Waals surface area contributed by atoms with Crippen molar-refractivity contribution in [3.63, 3.8) is 0 Å². The molecule has 0 fully saturated rings. The first-order chi connectivity index (χ1) is 8.53. The van der Waals surface area contributed by atoms with E-state index in [4.69, 9.17) is 16.9 Å². The molecule has 18 heavy (non-hydrogen) atoms. The fourth-order valence-electron chi connectivity index (χ4n) is 1.64. The van der Waals surface area contributed by atoms with Crippen molar-refractivity contribution in [1.29, 1.82) is 5.26 Å². The normalized spacial score (nSPS) is 11.0. The molecule has 1 N–H and O–H groups in total. The molecule has 0 unspecified atom stereocenters. The van der Waals surface area contributed by atoms with E-state index in [0.717, 1.165) is 10.7 Å². The minimum atomic E-state index is -0.343. The smallest absolute Gasteiger partial charge is 0.117 e. The van der Waals surface area contributed by atoms with Crippen molar-refractivity contribution >= 4 is 28.6 Å². The highest BCUT2D eigenvalue weighted by molar-refractivity contribution is 7.09. The Balaban J connectivity index is 2.35. The monoisotopic (exact) mass is 277 g/mol. The molecular formula is C13H12ClN3S. The van der Waals surface area contributed by atoms with Crippen LogP contribution >= 0.6 is 22.9 Å². The largest absolute Gasteiger partial charge is 0.373 e. The molecule has 2 rings (SSSR count). The van der Waals surface area contributed by atoms with Crippen molar-refractivity contribution in [2.45, 2.75) is 19.4 Å². The minimum absolute atomic E-state index is 0.343. The van der Waals surface area contributed by atoms with Gasteiger partial charge in [-0.15, -0.1) is 11.3 Å². The van der Waals surface area contributed by atoms with Gasteiger partial charge in [-0.3, -0.25) is 0 Å². The van der Waals surface area contributed by atoms with Crippen LogP contribution in [0.3, 0.4) is 0 Å². The number of hydrogen-bond donors (Lipinski definition) is 1. The van der Waals surface area contributed by atoms with Gasteiger partial charge in [0.2, 0.25) is 0 Å². The predicted octanol–water partition coefficient (Wildman–Crippen LogP) is 4.02. The quantitative estimate of drug-likeness (QED) is 0.922. The Kier molecular flexibility index (Phi) is 3.55. The van der Waals surface area contributed by atoms with Gasteiger partial charge in [-0.05, 0) is 32.0 Å². The zero-order valence-corrected chi connectivity index (χ0v) is 11.6. The molecule has 0 bridgehead atoms. The average Bonchev–Trinajstić information content (AvgIpc) is 2.83. The third-order valence-electron chi connectivity index (χ3n) is 2.52. The second-order valence-corrected chi connectivity index (χ2v) is 5.72. The Morgan fingerprint density at radius 1 is 1.44 bits per heavy atom. The van der Waals surface area contributed by atoms with E-state index in [9.17, 15) is 0 Å². The molecule has 0 radical (unpaired) electrons. The summed E-state index contributed by atoms with van der Waals surface area (Å²) in [7, 11) is 0. The van der Waals surface area contributed by atoms with Crippen LogP contribution in [0.5, 0.6) is 0 Å². The number of nitrogens with zero attached hydrogens (tertiary/aromatic N) is 2.